The standard InChI is InChI=1S/C14H19NO5.ClH/c1-10(2)20-14(18)19-9-15-12(13(16)17)8-11-6-4-3-5-7-11;/h3-7,10,12,15H,8-9H2,1-2H3,(H,16,17);1H/t12-;/m0./s1. The van der Waals surface area contributed by atoms with Gasteiger partial charge in [0.1, 0.15) is 12.8 Å². The minimum Gasteiger partial charge on any atom is -0.480 e. The lowest BCUT2D eigenvalue weighted by atomic mass is 10.1. The van der Waals surface area contributed by atoms with Crippen molar-refractivity contribution in [2.75, 3.05) is 6.73 Å². The highest BCUT2D eigenvalue weighted by Crippen LogP contribution is 2.03. The average Bonchev–Trinajstić information content (AvgIpc) is 2.37. The minimum absolute atomic E-state index is 0. The van der Waals surface area contributed by atoms with Crippen LogP contribution in [0.3, 0.4) is 0 Å². The first-order valence-corrected chi connectivity index (χ1v) is 6.32. The Labute approximate surface area is 129 Å². The highest BCUT2D eigenvalue weighted by atomic mass is 35.5. The van der Waals surface area contributed by atoms with E-state index in [2.05, 4.69) is 5.32 Å². The Morgan fingerprint density at radius 3 is 2.38 bits per heavy atom. The van der Waals surface area contributed by atoms with E-state index in [1.807, 2.05) is 30.3 Å². The Bertz CT molecular complexity index is 438. The molecule has 0 aliphatic heterocycles. The van der Waals surface area contributed by atoms with Crippen LogP contribution in [0.4, 0.5) is 4.79 Å². The zero-order valence-corrected chi connectivity index (χ0v) is 12.8. The molecule has 0 aromatic heterocycles. The number of carboxylic acid groups (broad SMARTS) is 1. The van der Waals surface area contributed by atoms with E-state index in [-0.39, 0.29) is 25.2 Å². The van der Waals surface area contributed by atoms with E-state index in [0.29, 0.717) is 6.42 Å². The molecule has 1 atom stereocenters. The number of carbonyl (C=O) groups excluding carboxylic acids is 1. The summed E-state index contributed by atoms with van der Waals surface area (Å²) >= 11 is 0. The molecule has 1 aromatic rings. The van der Waals surface area contributed by atoms with Crippen molar-refractivity contribution in [2.45, 2.75) is 32.4 Å². The van der Waals surface area contributed by atoms with Gasteiger partial charge in [0.05, 0.1) is 6.10 Å². The van der Waals surface area contributed by atoms with Gasteiger partial charge in [-0.15, -0.1) is 12.4 Å². The predicted octanol–water partition coefficient (Wildman–Crippen LogP) is 2.21. The molecule has 1 rings (SSSR count). The summed E-state index contributed by atoms with van der Waals surface area (Å²) in [6.07, 6.45) is -0.794. The van der Waals surface area contributed by atoms with Crippen LogP contribution in [0, 0.1) is 0 Å². The predicted molar refractivity (Wildman–Crippen MR) is 79.5 cm³/mol. The molecular formula is C14H20ClNO5. The number of rotatable bonds is 7. The van der Waals surface area contributed by atoms with Gasteiger partial charge in [0.15, 0.2) is 0 Å². The highest BCUT2D eigenvalue weighted by molar-refractivity contribution is 5.85. The largest absolute Gasteiger partial charge is 0.509 e. The maximum Gasteiger partial charge on any atom is 0.509 e. The molecule has 0 amide bonds. The number of hydrogen-bond acceptors (Lipinski definition) is 5. The second-order valence-electron chi connectivity index (χ2n) is 4.49. The van der Waals surface area contributed by atoms with Crippen molar-refractivity contribution in [2.24, 2.45) is 0 Å². The van der Waals surface area contributed by atoms with E-state index >= 15 is 0 Å². The van der Waals surface area contributed by atoms with E-state index in [0.717, 1.165) is 5.56 Å². The fourth-order valence-corrected chi connectivity index (χ4v) is 1.52. The van der Waals surface area contributed by atoms with Crippen molar-refractivity contribution >= 4 is 24.5 Å². The van der Waals surface area contributed by atoms with Crippen LogP contribution in [0.25, 0.3) is 0 Å². The summed E-state index contributed by atoms with van der Waals surface area (Å²) in [7, 11) is 0. The molecule has 7 heteroatoms. The summed E-state index contributed by atoms with van der Waals surface area (Å²) in [5, 5.41) is 11.8. The van der Waals surface area contributed by atoms with E-state index < -0.39 is 18.2 Å². The average molecular weight is 318 g/mol. The normalized spacial score (nSPS) is 11.4. The van der Waals surface area contributed by atoms with Crippen molar-refractivity contribution in [1.82, 2.24) is 5.32 Å². The molecule has 0 aliphatic rings. The van der Waals surface area contributed by atoms with Gasteiger partial charge in [-0.05, 0) is 25.8 Å². The van der Waals surface area contributed by atoms with Crippen molar-refractivity contribution < 1.29 is 24.2 Å². The van der Waals surface area contributed by atoms with Gasteiger partial charge in [-0.1, -0.05) is 30.3 Å². The van der Waals surface area contributed by atoms with Gasteiger partial charge < -0.3 is 14.6 Å². The van der Waals surface area contributed by atoms with Crippen LogP contribution in [0.5, 0.6) is 0 Å². The molecule has 0 saturated heterocycles. The third-order valence-electron chi connectivity index (χ3n) is 2.43. The summed E-state index contributed by atoms with van der Waals surface area (Å²) in [6, 6.07) is 8.38. The lowest BCUT2D eigenvalue weighted by molar-refractivity contribution is -0.140. The molecule has 118 valence electrons. The quantitative estimate of drug-likeness (QED) is 0.592. The van der Waals surface area contributed by atoms with Crippen LogP contribution in [-0.4, -0.2) is 36.1 Å². The Balaban J connectivity index is 0.00000400. The third kappa shape index (κ3) is 8.16. The Kier molecular flexibility index (Phi) is 9.16. The SMILES string of the molecule is CC(C)OC(=O)OCN[C@@H](Cc1ccccc1)C(=O)O.Cl. The minimum atomic E-state index is -1.00. The number of halogens is 1. The molecule has 6 nitrogen and oxygen atoms in total. The Morgan fingerprint density at radius 2 is 1.86 bits per heavy atom. The topological polar surface area (TPSA) is 84.9 Å². The van der Waals surface area contributed by atoms with Crippen LogP contribution in [-0.2, 0) is 20.7 Å². The van der Waals surface area contributed by atoms with Crippen molar-refractivity contribution in [3.63, 3.8) is 0 Å². The molecule has 0 saturated carbocycles. The Morgan fingerprint density at radius 1 is 1.24 bits per heavy atom. The number of aliphatic carboxylic acids is 1. The summed E-state index contributed by atoms with van der Waals surface area (Å²) in [6.45, 7) is 3.18. The summed E-state index contributed by atoms with van der Waals surface area (Å²) in [4.78, 5) is 22.3. The molecule has 2 N–H and O–H groups in total. The molecule has 0 radical (unpaired) electrons. The number of carbonyl (C=O) groups is 2. The summed E-state index contributed by atoms with van der Waals surface area (Å²) in [5.74, 6) is -1.00. The molecule has 0 heterocycles. The van der Waals surface area contributed by atoms with E-state index in [4.69, 9.17) is 14.6 Å². The van der Waals surface area contributed by atoms with Gasteiger partial charge in [0.2, 0.25) is 0 Å². The Hall–Kier alpha value is -1.79. The van der Waals surface area contributed by atoms with E-state index in [1.54, 1.807) is 13.8 Å². The molecule has 0 bridgehead atoms. The monoisotopic (exact) mass is 317 g/mol. The van der Waals surface area contributed by atoms with Crippen LogP contribution in [0.15, 0.2) is 30.3 Å². The van der Waals surface area contributed by atoms with Gasteiger partial charge in [-0.25, -0.2) is 4.79 Å². The second-order valence-corrected chi connectivity index (χ2v) is 4.49. The van der Waals surface area contributed by atoms with Crippen molar-refractivity contribution in [3.8, 4) is 0 Å². The number of carboxylic acids is 1. The maximum absolute atomic E-state index is 11.1. The van der Waals surface area contributed by atoms with E-state index in [1.165, 1.54) is 0 Å². The van der Waals surface area contributed by atoms with Gasteiger partial charge in [0.25, 0.3) is 0 Å². The zero-order valence-electron chi connectivity index (χ0n) is 11.9. The molecule has 0 spiro atoms. The van der Waals surface area contributed by atoms with Gasteiger partial charge in [-0.2, -0.15) is 0 Å². The zero-order chi connectivity index (χ0) is 15.0. The number of benzene rings is 1. The van der Waals surface area contributed by atoms with Gasteiger partial charge in [-0.3, -0.25) is 10.1 Å². The smallest absolute Gasteiger partial charge is 0.480 e. The fraction of sp³-hybridized carbons (Fsp3) is 0.429. The number of hydrogen-bond donors (Lipinski definition) is 2. The first kappa shape index (κ1) is 19.2. The molecule has 21 heavy (non-hydrogen) atoms. The molecule has 0 fully saturated rings. The van der Waals surface area contributed by atoms with Gasteiger partial charge >= 0.3 is 12.1 Å². The first-order valence-electron chi connectivity index (χ1n) is 6.32. The molecule has 0 unspecified atom stereocenters. The first-order chi connectivity index (χ1) is 9.49. The molecule has 1 aromatic carbocycles. The number of ether oxygens (including phenoxy) is 2. The molecular weight excluding hydrogens is 298 g/mol. The van der Waals surface area contributed by atoms with Crippen LogP contribution < -0.4 is 5.32 Å². The van der Waals surface area contributed by atoms with Crippen LogP contribution >= 0.6 is 12.4 Å². The highest BCUT2D eigenvalue weighted by Gasteiger charge is 2.18. The van der Waals surface area contributed by atoms with Gasteiger partial charge in [0, 0.05) is 0 Å². The van der Waals surface area contributed by atoms with E-state index in [9.17, 15) is 9.59 Å². The fourth-order valence-electron chi connectivity index (χ4n) is 1.52. The van der Waals surface area contributed by atoms with Crippen LogP contribution in [0.2, 0.25) is 0 Å². The molecule has 0 aliphatic carbocycles. The summed E-state index contributed by atoms with van der Waals surface area (Å²) < 4.78 is 9.50. The maximum atomic E-state index is 11.1. The lowest BCUT2D eigenvalue weighted by Crippen LogP contribution is -2.40. The lowest BCUT2D eigenvalue weighted by Gasteiger charge is -2.15. The van der Waals surface area contributed by atoms with Crippen LogP contribution in [0.1, 0.15) is 19.4 Å². The third-order valence-corrected chi connectivity index (χ3v) is 2.43. The summed E-state index contributed by atoms with van der Waals surface area (Å²) in [5.41, 5.74) is 0.886. The second kappa shape index (κ2) is 10.0. The van der Waals surface area contributed by atoms with Crippen molar-refractivity contribution in [3.05, 3.63) is 35.9 Å². The number of nitrogens with one attached hydrogen (secondary N) is 1. The van der Waals surface area contributed by atoms with Crippen molar-refractivity contribution in [1.29, 1.82) is 0 Å².